The van der Waals surface area contributed by atoms with Gasteiger partial charge in [-0.25, -0.2) is 0 Å². The molecule has 5 heteroatoms. The summed E-state index contributed by atoms with van der Waals surface area (Å²) in [5.41, 5.74) is 5.71. The fourth-order valence-corrected chi connectivity index (χ4v) is 3.16. The smallest absolute Gasteiger partial charge is 0.223 e. The van der Waals surface area contributed by atoms with Crippen LogP contribution in [0.5, 0.6) is 0 Å². The largest absolute Gasteiger partial charge is 0.377 e. The number of rotatable bonds is 4. The molecule has 2 fully saturated rings. The Labute approximate surface area is 116 Å². The summed E-state index contributed by atoms with van der Waals surface area (Å²) < 4.78 is 5.38. The maximum Gasteiger partial charge on any atom is 0.223 e. The molecule has 0 radical (unpaired) electrons. The Morgan fingerprint density at radius 1 is 1.42 bits per heavy atom. The zero-order chi connectivity index (χ0) is 13.7. The molecule has 0 saturated carbocycles. The summed E-state index contributed by atoms with van der Waals surface area (Å²) in [6.07, 6.45) is 4.20. The van der Waals surface area contributed by atoms with Gasteiger partial charge in [-0.1, -0.05) is 0 Å². The molecule has 2 aliphatic heterocycles. The Balaban J connectivity index is 1.76. The van der Waals surface area contributed by atoms with Gasteiger partial charge in [-0.3, -0.25) is 4.79 Å². The Bertz CT molecular complexity index is 298. The van der Waals surface area contributed by atoms with Gasteiger partial charge in [0.2, 0.25) is 5.91 Å². The number of ether oxygens (including phenoxy) is 1. The van der Waals surface area contributed by atoms with E-state index in [1.54, 1.807) is 0 Å². The molecule has 1 amide bonds. The Morgan fingerprint density at radius 3 is 3.00 bits per heavy atom. The lowest BCUT2D eigenvalue weighted by Gasteiger charge is -2.35. The summed E-state index contributed by atoms with van der Waals surface area (Å²) >= 11 is 0. The molecule has 2 atom stereocenters. The van der Waals surface area contributed by atoms with Gasteiger partial charge in [0.05, 0.1) is 19.3 Å². The van der Waals surface area contributed by atoms with Crippen LogP contribution in [-0.2, 0) is 9.53 Å². The predicted octanol–water partition coefficient (Wildman–Crippen LogP) is 0.295. The first-order valence-electron chi connectivity index (χ1n) is 7.46. The Hall–Kier alpha value is -0.650. The SMILES string of the molecule is CN1CCCC(CCC(=O)N2CCOCC2CN)C1. The van der Waals surface area contributed by atoms with E-state index in [4.69, 9.17) is 10.5 Å². The number of carbonyl (C=O) groups is 1. The highest BCUT2D eigenvalue weighted by molar-refractivity contribution is 5.76. The molecule has 0 aromatic carbocycles. The number of carbonyl (C=O) groups excluding carboxylic acids is 1. The molecule has 2 aliphatic rings. The fourth-order valence-electron chi connectivity index (χ4n) is 3.16. The molecule has 110 valence electrons. The van der Waals surface area contributed by atoms with Crippen LogP contribution < -0.4 is 5.73 Å². The molecule has 2 N–H and O–H groups in total. The highest BCUT2D eigenvalue weighted by Crippen LogP contribution is 2.21. The molecule has 0 aromatic rings. The third kappa shape index (κ3) is 4.16. The van der Waals surface area contributed by atoms with Crippen molar-refractivity contribution in [1.82, 2.24) is 9.80 Å². The van der Waals surface area contributed by atoms with Gasteiger partial charge in [-0.15, -0.1) is 0 Å². The molecule has 2 saturated heterocycles. The zero-order valence-corrected chi connectivity index (χ0v) is 12.0. The minimum Gasteiger partial charge on any atom is -0.377 e. The van der Waals surface area contributed by atoms with Crippen LogP contribution in [0.15, 0.2) is 0 Å². The maximum atomic E-state index is 12.3. The van der Waals surface area contributed by atoms with Crippen molar-refractivity contribution in [2.75, 3.05) is 46.4 Å². The van der Waals surface area contributed by atoms with E-state index < -0.39 is 0 Å². The van der Waals surface area contributed by atoms with Crippen molar-refractivity contribution >= 4 is 5.91 Å². The molecule has 0 aromatic heterocycles. The van der Waals surface area contributed by atoms with Gasteiger partial charge in [-0.05, 0) is 38.8 Å². The normalized spacial score (nSPS) is 29.5. The molecule has 2 unspecified atom stereocenters. The van der Waals surface area contributed by atoms with E-state index >= 15 is 0 Å². The van der Waals surface area contributed by atoms with Crippen molar-refractivity contribution < 1.29 is 9.53 Å². The number of nitrogens with zero attached hydrogens (tertiary/aromatic N) is 2. The van der Waals surface area contributed by atoms with Gasteiger partial charge in [0, 0.05) is 26.1 Å². The van der Waals surface area contributed by atoms with Gasteiger partial charge in [-0.2, -0.15) is 0 Å². The minimum absolute atomic E-state index is 0.0790. The lowest BCUT2D eigenvalue weighted by Crippen LogP contribution is -2.52. The molecular formula is C14H27N3O2. The maximum absolute atomic E-state index is 12.3. The van der Waals surface area contributed by atoms with Crippen LogP contribution in [0.4, 0.5) is 0 Å². The van der Waals surface area contributed by atoms with E-state index in [-0.39, 0.29) is 11.9 Å². The van der Waals surface area contributed by atoms with Crippen LogP contribution in [0.1, 0.15) is 25.7 Å². The van der Waals surface area contributed by atoms with Crippen molar-refractivity contribution in [3.8, 4) is 0 Å². The highest BCUT2D eigenvalue weighted by atomic mass is 16.5. The first-order chi connectivity index (χ1) is 9.20. The average Bonchev–Trinajstić information content (AvgIpc) is 2.45. The first-order valence-corrected chi connectivity index (χ1v) is 7.46. The molecule has 2 rings (SSSR count). The van der Waals surface area contributed by atoms with Crippen LogP contribution in [0.25, 0.3) is 0 Å². The molecule has 2 heterocycles. The van der Waals surface area contributed by atoms with Gasteiger partial charge >= 0.3 is 0 Å². The lowest BCUT2D eigenvalue weighted by atomic mass is 9.93. The van der Waals surface area contributed by atoms with Crippen LogP contribution in [0.3, 0.4) is 0 Å². The Morgan fingerprint density at radius 2 is 2.26 bits per heavy atom. The molecule has 0 bridgehead atoms. The zero-order valence-electron chi connectivity index (χ0n) is 12.0. The first kappa shape index (κ1) is 14.8. The van der Waals surface area contributed by atoms with Crippen molar-refractivity contribution in [2.45, 2.75) is 31.7 Å². The predicted molar refractivity (Wildman–Crippen MR) is 74.8 cm³/mol. The van der Waals surface area contributed by atoms with E-state index in [2.05, 4.69) is 11.9 Å². The third-order valence-corrected chi connectivity index (χ3v) is 4.31. The van der Waals surface area contributed by atoms with Gasteiger partial charge in [0.25, 0.3) is 0 Å². The van der Waals surface area contributed by atoms with Crippen molar-refractivity contribution in [3.05, 3.63) is 0 Å². The van der Waals surface area contributed by atoms with Crippen LogP contribution in [0.2, 0.25) is 0 Å². The van der Waals surface area contributed by atoms with Gasteiger partial charge in [0.15, 0.2) is 0 Å². The molecule has 19 heavy (non-hydrogen) atoms. The highest BCUT2D eigenvalue weighted by Gasteiger charge is 2.27. The van der Waals surface area contributed by atoms with E-state index in [1.165, 1.54) is 19.4 Å². The van der Waals surface area contributed by atoms with Crippen molar-refractivity contribution in [3.63, 3.8) is 0 Å². The molecule has 0 spiro atoms. The fraction of sp³-hybridized carbons (Fsp3) is 0.929. The monoisotopic (exact) mass is 269 g/mol. The average molecular weight is 269 g/mol. The second kappa shape index (κ2) is 7.22. The summed E-state index contributed by atoms with van der Waals surface area (Å²) in [4.78, 5) is 16.6. The minimum atomic E-state index is 0.0790. The topological polar surface area (TPSA) is 58.8 Å². The third-order valence-electron chi connectivity index (χ3n) is 4.31. The van der Waals surface area contributed by atoms with Crippen LogP contribution >= 0.6 is 0 Å². The summed E-state index contributed by atoms with van der Waals surface area (Å²) in [7, 11) is 2.17. The van der Waals surface area contributed by atoms with Crippen LogP contribution in [-0.4, -0.2) is 68.2 Å². The van der Waals surface area contributed by atoms with E-state index in [0.29, 0.717) is 38.6 Å². The van der Waals surface area contributed by atoms with Crippen molar-refractivity contribution in [1.29, 1.82) is 0 Å². The number of morpholine rings is 1. The quantitative estimate of drug-likeness (QED) is 0.797. The lowest BCUT2D eigenvalue weighted by molar-refractivity contribution is -0.139. The number of amides is 1. The van der Waals surface area contributed by atoms with Crippen molar-refractivity contribution in [2.24, 2.45) is 11.7 Å². The standard InChI is InChI=1S/C14H27N3O2/c1-16-6-2-3-12(10-16)4-5-14(18)17-7-8-19-11-13(17)9-15/h12-13H,2-11,15H2,1H3. The number of piperidine rings is 1. The van der Waals surface area contributed by atoms with Gasteiger partial charge in [0.1, 0.15) is 0 Å². The number of hydrogen-bond donors (Lipinski definition) is 1. The molecular weight excluding hydrogens is 242 g/mol. The summed E-state index contributed by atoms with van der Waals surface area (Å²) in [6, 6.07) is 0.0790. The Kier molecular flexibility index (Phi) is 5.60. The molecule has 0 aliphatic carbocycles. The van der Waals surface area contributed by atoms with E-state index in [9.17, 15) is 4.79 Å². The summed E-state index contributed by atoms with van der Waals surface area (Å²) in [5, 5.41) is 0. The van der Waals surface area contributed by atoms with Gasteiger partial charge < -0.3 is 20.3 Å². The number of hydrogen-bond acceptors (Lipinski definition) is 4. The second-order valence-electron chi connectivity index (χ2n) is 5.86. The number of nitrogens with two attached hydrogens (primary N) is 1. The summed E-state index contributed by atoms with van der Waals surface area (Å²) in [6.45, 7) is 4.77. The van der Waals surface area contributed by atoms with E-state index in [0.717, 1.165) is 13.0 Å². The molecule has 5 nitrogen and oxygen atoms in total. The van der Waals surface area contributed by atoms with E-state index in [1.807, 2.05) is 4.90 Å². The number of likely N-dealkylation sites (tertiary alicyclic amines) is 1. The van der Waals surface area contributed by atoms with Crippen LogP contribution in [0, 0.1) is 5.92 Å². The summed E-state index contributed by atoms with van der Waals surface area (Å²) in [5.74, 6) is 0.937. The second-order valence-corrected chi connectivity index (χ2v) is 5.86.